The third-order valence-electron chi connectivity index (χ3n) is 4.18. The van der Waals surface area contributed by atoms with Crippen LogP contribution >= 0.6 is 0 Å². The maximum Gasteiger partial charge on any atom is 0.123 e. The molecule has 0 radical (unpaired) electrons. The van der Waals surface area contributed by atoms with Crippen molar-refractivity contribution in [2.45, 2.75) is 52.4 Å². The molecular formula is C21H28N2O. The minimum absolute atomic E-state index is 0.184. The van der Waals surface area contributed by atoms with Gasteiger partial charge < -0.3 is 10.9 Å². The quantitative estimate of drug-likeness (QED) is 0.478. The zero-order chi connectivity index (χ0) is 18.1. The third-order valence-corrected chi connectivity index (χ3v) is 4.18. The molecule has 3 N–H and O–H groups in total. The Hall–Kier alpha value is -2.29. The second-order valence-corrected chi connectivity index (χ2v) is 8.26. The number of rotatable bonds is 2. The van der Waals surface area contributed by atoms with Gasteiger partial charge in [-0.25, -0.2) is 0 Å². The van der Waals surface area contributed by atoms with Gasteiger partial charge in [-0.2, -0.15) is 5.10 Å². The van der Waals surface area contributed by atoms with Gasteiger partial charge in [-0.05, 0) is 23.0 Å². The van der Waals surface area contributed by atoms with Crippen molar-refractivity contribution in [3.8, 4) is 5.75 Å². The number of hydrazone groups is 1. The molecule has 24 heavy (non-hydrogen) atoms. The summed E-state index contributed by atoms with van der Waals surface area (Å²) < 4.78 is 0. The van der Waals surface area contributed by atoms with Gasteiger partial charge in [-0.1, -0.05) is 71.9 Å². The summed E-state index contributed by atoms with van der Waals surface area (Å²) in [5.74, 6) is 6.08. The van der Waals surface area contributed by atoms with Crippen LogP contribution in [0.4, 0.5) is 0 Å². The van der Waals surface area contributed by atoms with Crippen LogP contribution in [0.25, 0.3) is 0 Å². The monoisotopic (exact) mass is 324 g/mol. The first-order valence-electron chi connectivity index (χ1n) is 8.27. The largest absolute Gasteiger partial charge is 0.507 e. The van der Waals surface area contributed by atoms with E-state index >= 15 is 0 Å². The maximum atomic E-state index is 10.8. The molecule has 0 bridgehead atoms. The lowest BCUT2D eigenvalue weighted by molar-refractivity contribution is 0.423. The molecule has 2 rings (SSSR count). The van der Waals surface area contributed by atoms with Gasteiger partial charge in [0.2, 0.25) is 0 Å². The van der Waals surface area contributed by atoms with Gasteiger partial charge in [-0.15, -0.1) is 0 Å². The summed E-state index contributed by atoms with van der Waals surface area (Å²) in [6.45, 7) is 12.6. The summed E-state index contributed by atoms with van der Waals surface area (Å²) in [6, 6.07) is 13.9. The summed E-state index contributed by atoms with van der Waals surface area (Å²) in [4.78, 5) is 0. The molecule has 0 amide bonds. The van der Waals surface area contributed by atoms with E-state index in [1.54, 1.807) is 0 Å². The zero-order valence-electron chi connectivity index (χ0n) is 15.5. The molecule has 0 heterocycles. The SMILES string of the molecule is CC(C)(C)c1cc(C(=NN)c2ccccc2)cc(C(C)(C)C)c1O. The Morgan fingerprint density at radius 3 is 1.67 bits per heavy atom. The predicted octanol–water partition coefficient (Wildman–Crippen LogP) is 4.70. The van der Waals surface area contributed by atoms with Crippen LogP contribution in [0.3, 0.4) is 0 Å². The van der Waals surface area contributed by atoms with E-state index in [-0.39, 0.29) is 10.8 Å². The molecule has 0 aliphatic heterocycles. The lowest BCUT2D eigenvalue weighted by Crippen LogP contribution is -2.19. The van der Waals surface area contributed by atoms with Crippen LogP contribution in [0, 0.1) is 0 Å². The van der Waals surface area contributed by atoms with Gasteiger partial charge >= 0.3 is 0 Å². The minimum Gasteiger partial charge on any atom is -0.507 e. The first kappa shape index (κ1) is 18.1. The van der Waals surface area contributed by atoms with Crippen molar-refractivity contribution in [3.05, 3.63) is 64.7 Å². The molecule has 3 heteroatoms. The maximum absolute atomic E-state index is 10.8. The molecule has 0 atom stereocenters. The van der Waals surface area contributed by atoms with Crippen molar-refractivity contribution in [3.63, 3.8) is 0 Å². The lowest BCUT2D eigenvalue weighted by atomic mass is 9.77. The highest BCUT2D eigenvalue weighted by atomic mass is 16.3. The average Bonchev–Trinajstić information content (AvgIpc) is 2.48. The second kappa shape index (κ2) is 6.31. The van der Waals surface area contributed by atoms with Gasteiger partial charge in [0, 0.05) is 22.3 Å². The summed E-state index contributed by atoms with van der Waals surface area (Å²) >= 11 is 0. The molecule has 2 aromatic carbocycles. The number of nitrogens with two attached hydrogens (primary N) is 1. The Labute approximate surface area is 145 Å². The first-order valence-corrected chi connectivity index (χ1v) is 8.27. The Morgan fingerprint density at radius 1 is 0.833 bits per heavy atom. The second-order valence-electron chi connectivity index (χ2n) is 8.26. The minimum atomic E-state index is -0.184. The average molecular weight is 324 g/mol. The normalized spacial score (nSPS) is 13.2. The fourth-order valence-electron chi connectivity index (χ4n) is 2.83. The molecule has 0 unspecified atom stereocenters. The molecule has 0 aromatic heterocycles. The predicted molar refractivity (Wildman–Crippen MR) is 102 cm³/mol. The van der Waals surface area contributed by atoms with E-state index in [1.165, 1.54) is 0 Å². The van der Waals surface area contributed by atoms with Crippen molar-refractivity contribution in [1.29, 1.82) is 0 Å². The van der Waals surface area contributed by atoms with Gasteiger partial charge in [0.1, 0.15) is 5.75 Å². The van der Waals surface area contributed by atoms with Crippen LogP contribution in [-0.4, -0.2) is 10.8 Å². The summed E-state index contributed by atoms with van der Waals surface area (Å²) in [6.07, 6.45) is 0. The van der Waals surface area contributed by atoms with Gasteiger partial charge in [0.25, 0.3) is 0 Å². The van der Waals surface area contributed by atoms with E-state index in [2.05, 4.69) is 46.6 Å². The van der Waals surface area contributed by atoms with Crippen molar-refractivity contribution < 1.29 is 5.11 Å². The van der Waals surface area contributed by atoms with E-state index in [4.69, 9.17) is 5.84 Å². The number of phenolic OH excluding ortho intramolecular Hbond substituents is 1. The van der Waals surface area contributed by atoms with Crippen LogP contribution in [0.1, 0.15) is 63.8 Å². The highest BCUT2D eigenvalue weighted by Crippen LogP contribution is 2.40. The molecule has 3 nitrogen and oxygen atoms in total. The molecule has 0 aliphatic carbocycles. The topological polar surface area (TPSA) is 58.6 Å². The fraction of sp³-hybridized carbons (Fsp3) is 0.381. The third kappa shape index (κ3) is 3.61. The van der Waals surface area contributed by atoms with Crippen LogP contribution in [0.5, 0.6) is 5.75 Å². The Kier molecular flexibility index (Phi) is 4.75. The molecule has 0 aliphatic rings. The van der Waals surface area contributed by atoms with Crippen LogP contribution < -0.4 is 5.84 Å². The molecule has 0 saturated heterocycles. The van der Waals surface area contributed by atoms with E-state index < -0.39 is 0 Å². The summed E-state index contributed by atoms with van der Waals surface area (Å²) in [5.41, 5.74) is 4.06. The summed E-state index contributed by atoms with van der Waals surface area (Å²) in [5, 5.41) is 14.9. The molecule has 0 saturated carbocycles. The van der Waals surface area contributed by atoms with Crippen molar-refractivity contribution in [2.24, 2.45) is 10.9 Å². The smallest absolute Gasteiger partial charge is 0.123 e. The lowest BCUT2D eigenvalue weighted by Gasteiger charge is -2.28. The van der Waals surface area contributed by atoms with Crippen LogP contribution in [0.2, 0.25) is 0 Å². The van der Waals surface area contributed by atoms with Crippen molar-refractivity contribution in [1.82, 2.24) is 0 Å². The Balaban J connectivity index is 2.75. The number of phenols is 1. The van der Waals surface area contributed by atoms with E-state index in [9.17, 15) is 5.11 Å². The van der Waals surface area contributed by atoms with Crippen LogP contribution in [0.15, 0.2) is 47.6 Å². The highest BCUT2D eigenvalue weighted by Gasteiger charge is 2.27. The highest BCUT2D eigenvalue weighted by molar-refractivity contribution is 6.13. The number of benzene rings is 2. The molecule has 0 spiro atoms. The number of hydrogen-bond donors (Lipinski definition) is 2. The van der Waals surface area contributed by atoms with Crippen molar-refractivity contribution in [2.75, 3.05) is 0 Å². The van der Waals surface area contributed by atoms with Gasteiger partial charge in [-0.3, -0.25) is 0 Å². The van der Waals surface area contributed by atoms with Crippen LogP contribution in [-0.2, 0) is 10.8 Å². The van der Waals surface area contributed by atoms with E-state index in [0.717, 1.165) is 28.0 Å². The van der Waals surface area contributed by atoms with Crippen molar-refractivity contribution >= 4 is 5.71 Å². The van der Waals surface area contributed by atoms with Gasteiger partial charge in [0.15, 0.2) is 0 Å². The molecular weight excluding hydrogens is 296 g/mol. The fourth-order valence-corrected chi connectivity index (χ4v) is 2.83. The number of aromatic hydroxyl groups is 1. The van der Waals surface area contributed by atoms with E-state index in [1.807, 2.05) is 42.5 Å². The summed E-state index contributed by atoms with van der Waals surface area (Å²) in [7, 11) is 0. The molecule has 0 fully saturated rings. The number of hydrogen-bond acceptors (Lipinski definition) is 3. The zero-order valence-corrected chi connectivity index (χ0v) is 15.5. The first-order chi connectivity index (χ1) is 11.1. The molecule has 128 valence electrons. The Morgan fingerprint density at radius 2 is 1.29 bits per heavy atom. The number of nitrogens with zero attached hydrogens (tertiary/aromatic N) is 1. The molecule has 2 aromatic rings. The van der Waals surface area contributed by atoms with E-state index in [0.29, 0.717) is 5.75 Å². The Bertz CT molecular complexity index is 713. The standard InChI is InChI=1S/C21H28N2O/c1-20(2,3)16-12-15(13-17(19(16)24)21(4,5)6)18(23-22)14-10-8-7-9-11-14/h7-13,24H,22H2,1-6H3. The van der Waals surface area contributed by atoms with Gasteiger partial charge in [0.05, 0.1) is 5.71 Å².